The first-order valence-electron chi connectivity index (χ1n) is 12.3. The van der Waals surface area contributed by atoms with Crippen LogP contribution >= 0.6 is 0 Å². The molecule has 0 aliphatic heterocycles. The standard InChI is InChI=1S/C29H36N2O6/c1-8-35-28(34)29(6,7)37-26-19(3)13-22(14-20(26)4)15-31(17-25(32)33)16-24-21(5)36-27(30-24)23-11-9-18(2)10-12-23/h9-14H,8,15-17H2,1-7H3,(H,32,33). The van der Waals surface area contributed by atoms with E-state index in [9.17, 15) is 14.7 Å². The van der Waals surface area contributed by atoms with Crippen molar-refractivity contribution in [1.29, 1.82) is 0 Å². The highest BCUT2D eigenvalue weighted by atomic mass is 16.6. The van der Waals surface area contributed by atoms with Crippen LogP contribution in [0.2, 0.25) is 0 Å². The summed E-state index contributed by atoms with van der Waals surface area (Å²) in [5.41, 5.74) is 4.20. The van der Waals surface area contributed by atoms with Gasteiger partial charge in [0.05, 0.1) is 18.8 Å². The maximum Gasteiger partial charge on any atom is 0.349 e. The minimum Gasteiger partial charge on any atom is -0.480 e. The molecule has 0 unspecified atom stereocenters. The normalized spacial score (nSPS) is 11.6. The van der Waals surface area contributed by atoms with Crippen LogP contribution in [0.5, 0.6) is 5.75 Å². The van der Waals surface area contributed by atoms with Crippen LogP contribution in [0, 0.1) is 27.7 Å². The summed E-state index contributed by atoms with van der Waals surface area (Å²) in [5.74, 6) is 0.424. The van der Waals surface area contributed by atoms with Crippen molar-refractivity contribution in [2.45, 2.75) is 67.2 Å². The lowest BCUT2D eigenvalue weighted by Gasteiger charge is -2.27. The van der Waals surface area contributed by atoms with Gasteiger partial charge in [0.25, 0.3) is 0 Å². The molecule has 1 aromatic heterocycles. The predicted molar refractivity (Wildman–Crippen MR) is 140 cm³/mol. The number of oxazole rings is 1. The van der Waals surface area contributed by atoms with E-state index in [0.29, 0.717) is 36.2 Å². The summed E-state index contributed by atoms with van der Waals surface area (Å²) in [6.07, 6.45) is 0. The molecule has 3 rings (SSSR count). The number of hydrogen-bond acceptors (Lipinski definition) is 7. The minimum atomic E-state index is -1.14. The van der Waals surface area contributed by atoms with Crippen LogP contribution in [0.25, 0.3) is 11.5 Å². The highest BCUT2D eigenvalue weighted by Crippen LogP contribution is 2.30. The van der Waals surface area contributed by atoms with Gasteiger partial charge >= 0.3 is 11.9 Å². The first-order valence-corrected chi connectivity index (χ1v) is 12.3. The number of benzene rings is 2. The summed E-state index contributed by atoms with van der Waals surface area (Å²) in [5, 5.41) is 9.55. The maximum atomic E-state index is 12.3. The molecular formula is C29H36N2O6. The van der Waals surface area contributed by atoms with Gasteiger partial charge in [-0.25, -0.2) is 9.78 Å². The molecule has 0 saturated heterocycles. The zero-order valence-corrected chi connectivity index (χ0v) is 22.7. The molecule has 8 nitrogen and oxygen atoms in total. The van der Waals surface area contributed by atoms with Gasteiger partial charge in [-0.3, -0.25) is 9.69 Å². The highest BCUT2D eigenvalue weighted by Gasteiger charge is 2.32. The van der Waals surface area contributed by atoms with Crippen molar-refractivity contribution in [3.05, 3.63) is 70.1 Å². The van der Waals surface area contributed by atoms with E-state index in [1.807, 2.05) is 69.0 Å². The lowest BCUT2D eigenvalue weighted by atomic mass is 10.0. The van der Waals surface area contributed by atoms with Crippen LogP contribution in [-0.4, -0.2) is 45.7 Å². The van der Waals surface area contributed by atoms with Crippen LogP contribution in [-0.2, 0) is 27.4 Å². The quantitative estimate of drug-likeness (QED) is 0.344. The Labute approximate surface area is 218 Å². The van der Waals surface area contributed by atoms with E-state index in [2.05, 4.69) is 4.98 Å². The van der Waals surface area contributed by atoms with Crippen molar-refractivity contribution in [3.63, 3.8) is 0 Å². The van der Waals surface area contributed by atoms with E-state index in [1.165, 1.54) is 0 Å². The van der Waals surface area contributed by atoms with Gasteiger partial charge in [-0.05, 0) is 77.3 Å². The number of carbonyl (C=O) groups excluding carboxylic acids is 1. The third kappa shape index (κ3) is 7.20. The molecule has 0 atom stereocenters. The average Bonchev–Trinajstić information content (AvgIpc) is 3.16. The summed E-state index contributed by atoms with van der Waals surface area (Å²) < 4.78 is 17.1. The van der Waals surface area contributed by atoms with Crippen LogP contribution in [0.3, 0.4) is 0 Å². The Balaban J connectivity index is 1.81. The number of esters is 1. The lowest BCUT2D eigenvalue weighted by Crippen LogP contribution is -2.40. The summed E-state index contributed by atoms with van der Waals surface area (Å²) >= 11 is 0. The molecule has 0 fully saturated rings. The topological polar surface area (TPSA) is 102 Å². The van der Waals surface area contributed by atoms with Gasteiger partial charge in [0, 0.05) is 18.7 Å². The molecule has 37 heavy (non-hydrogen) atoms. The molecular weight excluding hydrogens is 472 g/mol. The zero-order chi connectivity index (χ0) is 27.3. The number of aryl methyl sites for hydroxylation is 4. The van der Waals surface area contributed by atoms with E-state index >= 15 is 0 Å². The van der Waals surface area contributed by atoms with Crippen LogP contribution in [0.15, 0.2) is 40.8 Å². The predicted octanol–water partition coefficient (Wildman–Crippen LogP) is 5.38. The maximum absolute atomic E-state index is 12.3. The van der Waals surface area contributed by atoms with E-state index < -0.39 is 17.5 Å². The second-order valence-electron chi connectivity index (χ2n) is 9.82. The largest absolute Gasteiger partial charge is 0.480 e. The number of nitrogens with zero attached hydrogens (tertiary/aromatic N) is 2. The van der Waals surface area contributed by atoms with E-state index in [-0.39, 0.29) is 13.2 Å². The Morgan fingerprint density at radius 2 is 1.65 bits per heavy atom. The van der Waals surface area contributed by atoms with Gasteiger partial charge in [0.1, 0.15) is 11.5 Å². The van der Waals surface area contributed by atoms with E-state index in [0.717, 1.165) is 27.8 Å². The minimum absolute atomic E-state index is 0.154. The van der Waals surface area contributed by atoms with Crippen molar-refractivity contribution in [1.82, 2.24) is 9.88 Å². The van der Waals surface area contributed by atoms with Crippen molar-refractivity contribution in [3.8, 4) is 17.2 Å². The van der Waals surface area contributed by atoms with Crippen LogP contribution in [0.4, 0.5) is 0 Å². The molecule has 198 valence electrons. The summed E-state index contributed by atoms with van der Waals surface area (Å²) in [4.78, 5) is 30.4. The monoisotopic (exact) mass is 508 g/mol. The van der Waals surface area contributed by atoms with Gasteiger partial charge < -0.3 is 19.0 Å². The fourth-order valence-corrected chi connectivity index (χ4v) is 4.12. The van der Waals surface area contributed by atoms with Gasteiger partial charge in [0.15, 0.2) is 5.60 Å². The molecule has 1 heterocycles. The number of hydrogen-bond donors (Lipinski definition) is 1. The van der Waals surface area contributed by atoms with Crippen molar-refractivity contribution in [2.75, 3.05) is 13.2 Å². The molecule has 8 heteroatoms. The smallest absolute Gasteiger partial charge is 0.349 e. The lowest BCUT2D eigenvalue weighted by molar-refractivity contribution is -0.158. The summed E-state index contributed by atoms with van der Waals surface area (Å²) in [7, 11) is 0. The molecule has 0 bridgehead atoms. The average molecular weight is 509 g/mol. The molecule has 3 aromatic rings. The third-order valence-corrected chi connectivity index (χ3v) is 5.97. The molecule has 1 N–H and O–H groups in total. The number of carboxylic acids is 1. The first-order chi connectivity index (χ1) is 17.4. The van der Waals surface area contributed by atoms with Crippen molar-refractivity contribution in [2.24, 2.45) is 0 Å². The Morgan fingerprint density at radius 1 is 1.03 bits per heavy atom. The third-order valence-electron chi connectivity index (χ3n) is 5.97. The molecule has 0 amide bonds. The SMILES string of the molecule is CCOC(=O)C(C)(C)Oc1c(C)cc(CN(CC(=O)O)Cc2nc(-c3ccc(C)cc3)oc2C)cc1C. The van der Waals surface area contributed by atoms with Crippen LogP contribution in [0.1, 0.15) is 54.5 Å². The zero-order valence-electron chi connectivity index (χ0n) is 22.7. The second kappa shape index (κ2) is 11.6. The van der Waals surface area contributed by atoms with Crippen molar-refractivity contribution < 1.29 is 28.6 Å². The Morgan fingerprint density at radius 3 is 2.22 bits per heavy atom. The number of aliphatic carboxylic acids is 1. The number of ether oxygens (including phenoxy) is 2. The van der Waals surface area contributed by atoms with E-state index in [1.54, 1.807) is 20.8 Å². The number of aromatic nitrogens is 1. The number of carbonyl (C=O) groups is 2. The first kappa shape index (κ1) is 27.9. The summed E-state index contributed by atoms with van der Waals surface area (Å²) in [6, 6.07) is 11.8. The molecule has 0 saturated carbocycles. The van der Waals surface area contributed by atoms with Gasteiger partial charge in [-0.1, -0.05) is 29.8 Å². The van der Waals surface area contributed by atoms with Gasteiger partial charge in [0.2, 0.25) is 5.89 Å². The second-order valence-corrected chi connectivity index (χ2v) is 9.82. The van der Waals surface area contributed by atoms with Crippen LogP contribution < -0.4 is 4.74 Å². The Kier molecular flexibility index (Phi) is 8.76. The molecule has 0 aliphatic rings. The summed E-state index contributed by atoms with van der Waals surface area (Å²) in [6.45, 7) is 13.6. The molecule has 0 spiro atoms. The highest BCUT2D eigenvalue weighted by molar-refractivity contribution is 5.79. The number of carboxylic acid groups (broad SMARTS) is 1. The molecule has 0 radical (unpaired) electrons. The van der Waals surface area contributed by atoms with Gasteiger partial charge in [-0.15, -0.1) is 0 Å². The van der Waals surface area contributed by atoms with E-state index in [4.69, 9.17) is 13.9 Å². The Hall–Kier alpha value is -3.65. The molecule has 0 aliphatic carbocycles. The fraction of sp³-hybridized carbons (Fsp3) is 0.414. The van der Waals surface area contributed by atoms with Crippen molar-refractivity contribution >= 4 is 11.9 Å². The van der Waals surface area contributed by atoms with Gasteiger partial charge in [-0.2, -0.15) is 0 Å². The fourth-order valence-electron chi connectivity index (χ4n) is 4.12. The Bertz CT molecular complexity index is 1240. The number of rotatable bonds is 11. The molecule has 2 aromatic carbocycles.